The maximum absolute atomic E-state index is 6.03. The van der Waals surface area contributed by atoms with Crippen molar-refractivity contribution >= 4 is 17.3 Å². The third kappa shape index (κ3) is 3.35. The largest absolute Gasteiger partial charge is 0.374 e. The molecule has 0 amide bonds. The molecule has 1 N–H and O–H groups in total. The number of nitrogens with zero attached hydrogens (tertiary/aromatic N) is 1. The highest BCUT2D eigenvalue weighted by atomic mass is 35.5. The van der Waals surface area contributed by atoms with Crippen LogP contribution in [0.1, 0.15) is 5.56 Å². The Hall–Kier alpha value is -0.770. The first-order chi connectivity index (χ1) is 8.16. The fourth-order valence-corrected chi connectivity index (χ4v) is 2.30. The average molecular weight is 255 g/mol. The van der Waals surface area contributed by atoms with Crippen molar-refractivity contribution in [1.82, 2.24) is 5.32 Å². The summed E-state index contributed by atoms with van der Waals surface area (Å²) in [6.07, 6.45) is 0.257. The van der Waals surface area contributed by atoms with E-state index >= 15 is 0 Å². The molecule has 1 saturated heterocycles. The van der Waals surface area contributed by atoms with Gasteiger partial charge in [-0.05, 0) is 24.6 Å². The van der Waals surface area contributed by atoms with E-state index in [1.807, 2.05) is 18.2 Å². The highest BCUT2D eigenvalue weighted by Gasteiger charge is 2.16. The zero-order chi connectivity index (χ0) is 12.3. The number of halogens is 1. The first kappa shape index (κ1) is 12.7. The van der Waals surface area contributed by atoms with Crippen LogP contribution in [0.3, 0.4) is 0 Å². The van der Waals surface area contributed by atoms with E-state index in [9.17, 15) is 0 Å². The Kier molecular flexibility index (Phi) is 4.26. The van der Waals surface area contributed by atoms with Gasteiger partial charge in [-0.3, -0.25) is 0 Å². The molecular weight excluding hydrogens is 236 g/mol. The molecule has 1 heterocycles. The Morgan fingerprint density at radius 2 is 2.35 bits per heavy atom. The summed E-state index contributed by atoms with van der Waals surface area (Å²) >= 11 is 6.03. The van der Waals surface area contributed by atoms with Gasteiger partial charge in [0.1, 0.15) is 0 Å². The number of rotatable bonds is 3. The topological polar surface area (TPSA) is 24.5 Å². The lowest BCUT2D eigenvalue weighted by atomic mass is 10.1. The van der Waals surface area contributed by atoms with Gasteiger partial charge in [-0.15, -0.1) is 0 Å². The molecule has 0 saturated carbocycles. The predicted molar refractivity (Wildman–Crippen MR) is 72.1 cm³/mol. The van der Waals surface area contributed by atoms with E-state index in [-0.39, 0.29) is 6.10 Å². The Labute approximate surface area is 108 Å². The summed E-state index contributed by atoms with van der Waals surface area (Å²) in [7, 11) is 2.08. The van der Waals surface area contributed by atoms with Crippen molar-refractivity contribution in [2.45, 2.75) is 13.0 Å². The van der Waals surface area contributed by atoms with Gasteiger partial charge in [0.2, 0.25) is 0 Å². The van der Waals surface area contributed by atoms with Crippen LogP contribution in [0.25, 0.3) is 0 Å². The SMILES string of the molecule is Cc1ccc(Cl)cc1N(C)CC1CNCCO1. The maximum Gasteiger partial charge on any atom is 0.0874 e. The first-order valence-electron chi connectivity index (χ1n) is 5.96. The maximum atomic E-state index is 6.03. The smallest absolute Gasteiger partial charge is 0.0874 e. The third-order valence-electron chi connectivity index (χ3n) is 3.06. The lowest BCUT2D eigenvalue weighted by Gasteiger charge is -2.30. The average Bonchev–Trinajstić information content (AvgIpc) is 2.33. The molecule has 1 fully saturated rings. The minimum absolute atomic E-state index is 0.257. The molecule has 4 heteroatoms. The van der Waals surface area contributed by atoms with E-state index in [1.54, 1.807) is 0 Å². The van der Waals surface area contributed by atoms with Gasteiger partial charge in [0.25, 0.3) is 0 Å². The molecule has 0 aromatic heterocycles. The van der Waals surface area contributed by atoms with Gasteiger partial charge in [0, 0.05) is 37.4 Å². The van der Waals surface area contributed by atoms with Gasteiger partial charge in [-0.1, -0.05) is 17.7 Å². The lowest BCUT2D eigenvalue weighted by Crippen LogP contribution is -2.44. The summed E-state index contributed by atoms with van der Waals surface area (Å²) in [5.41, 5.74) is 2.41. The van der Waals surface area contributed by atoms with Gasteiger partial charge < -0.3 is 15.0 Å². The van der Waals surface area contributed by atoms with Crippen LogP contribution in [0, 0.1) is 6.92 Å². The fraction of sp³-hybridized carbons (Fsp3) is 0.538. The molecule has 94 valence electrons. The number of nitrogens with one attached hydrogen (secondary N) is 1. The van der Waals surface area contributed by atoms with Crippen LogP contribution in [0.15, 0.2) is 18.2 Å². The third-order valence-corrected chi connectivity index (χ3v) is 3.30. The van der Waals surface area contributed by atoms with E-state index in [1.165, 1.54) is 11.3 Å². The predicted octanol–water partition coefficient (Wildman–Crippen LogP) is 2.07. The Morgan fingerprint density at radius 1 is 1.53 bits per heavy atom. The van der Waals surface area contributed by atoms with Gasteiger partial charge in [-0.25, -0.2) is 0 Å². The van der Waals surface area contributed by atoms with Crippen molar-refractivity contribution < 1.29 is 4.74 Å². The molecule has 0 bridgehead atoms. The van der Waals surface area contributed by atoms with Crippen molar-refractivity contribution in [3.05, 3.63) is 28.8 Å². The van der Waals surface area contributed by atoms with Crippen molar-refractivity contribution in [2.24, 2.45) is 0 Å². The molecule has 1 aromatic carbocycles. The van der Waals surface area contributed by atoms with Crippen LogP contribution >= 0.6 is 11.6 Å². The van der Waals surface area contributed by atoms with Crippen LogP contribution in [-0.2, 0) is 4.74 Å². The molecule has 1 unspecified atom stereocenters. The molecule has 1 aromatic rings. The summed E-state index contributed by atoms with van der Waals surface area (Å²) < 4.78 is 5.70. The minimum atomic E-state index is 0.257. The number of morpholine rings is 1. The number of likely N-dealkylation sites (N-methyl/N-ethyl adjacent to an activating group) is 1. The summed E-state index contributed by atoms with van der Waals surface area (Å²) in [6, 6.07) is 5.98. The number of hydrogen-bond donors (Lipinski definition) is 1. The molecule has 1 aliphatic heterocycles. The molecular formula is C13H19ClN2O. The molecule has 0 aliphatic carbocycles. The molecule has 3 nitrogen and oxygen atoms in total. The Bertz CT molecular complexity index is 378. The monoisotopic (exact) mass is 254 g/mol. The zero-order valence-electron chi connectivity index (χ0n) is 10.4. The normalized spacial score (nSPS) is 20.3. The summed E-state index contributed by atoms with van der Waals surface area (Å²) in [6.45, 7) is 5.66. The second kappa shape index (κ2) is 5.71. The van der Waals surface area contributed by atoms with Gasteiger partial charge in [0.05, 0.1) is 12.7 Å². The van der Waals surface area contributed by atoms with E-state index in [4.69, 9.17) is 16.3 Å². The van der Waals surface area contributed by atoms with E-state index in [0.29, 0.717) is 0 Å². The molecule has 1 atom stereocenters. The number of anilines is 1. The molecule has 0 spiro atoms. The Morgan fingerprint density at radius 3 is 3.06 bits per heavy atom. The second-order valence-corrected chi connectivity index (χ2v) is 4.94. The standard InChI is InChI=1S/C13H19ClN2O/c1-10-3-4-11(14)7-13(10)16(2)9-12-8-15-5-6-17-12/h3-4,7,12,15H,5-6,8-9H2,1-2H3. The minimum Gasteiger partial charge on any atom is -0.374 e. The summed E-state index contributed by atoms with van der Waals surface area (Å²) in [4.78, 5) is 2.21. The summed E-state index contributed by atoms with van der Waals surface area (Å²) in [5.74, 6) is 0. The number of ether oxygens (including phenoxy) is 1. The fourth-order valence-electron chi connectivity index (χ4n) is 2.13. The van der Waals surface area contributed by atoms with Crippen molar-refractivity contribution in [3.8, 4) is 0 Å². The molecule has 0 radical (unpaired) electrons. The Balaban J connectivity index is 2.02. The molecule has 1 aliphatic rings. The van der Waals surface area contributed by atoms with Crippen LogP contribution in [0.5, 0.6) is 0 Å². The van der Waals surface area contributed by atoms with Crippen molar-refractivity contribution in [3.63, 3.8) is 0 Å². The van der Waals surface area contributed by atoms with Crippen molar-refractivity contribution in [2.75, 3.05) is 38.2 Å². The quantitative estimate of drug-likeness (QED) is 0.894. The van der Waals surface area contributed by atoms with Gasteiger partial charge in [-0.2, -0.15) is 0 Å². The highest BCUT2D eigenvalue weighted by molar-refractivity contribution is 6.30. The van der Waals surface area contributed by atoms with E-state index in [2.05, 4.69) is 24.2 Å². The van der Waals surface area contributed by atoms with E-state index in [0.717, 1.165) is 31.3 Å². The van der Waals surface area contributed by atoms with Crippen molar-refractivity contribution in [1.29, 1.82) is 0 Å². The number of hydrogen-bond acceptors (Lipinski definition) is 3. The number of benzene rings is 1. The van der Waals surface area contributed by atoms with Crippen LogP contribution < -0.4 is 10.2 Å². The van der Waals surface area contributed by atoms with Gasteiger partial charge in [0.15, 0.2) is 0 Å². The van der Waals surface area contributed by atoms with E-state index < -0.39 is 0 Å². The van der Waals surface area contributed by atoms with Gasteiger partial charge >= 0.3 is 0 Å². The molecule has 2 rings (SSSR count). The molecule has 17 heavy (non-hydrogen) atoms. The van der Waals surface area contributed by atoms with Crippen LogP contribution in [0.2, 0.25) is 5.02 Å². The van der Waals surface area contributed by atoms with Crippen LogP contribution in [-0.4, -0.2) is 39.4 Å². The highest BCUT2D eigenvalue weighted by Crippen LogP contribution is 2.23. The summed E-state index contributed by atoms with van der Waals surface area (Å²) in [5, 5.41) is 4.12. The van der Waals surface area contributed by atoms with Crippen LogP contribution in [0.4, 0.5) is 5.69 Å². The number of aryl methyl sites for hydroxylation is 1. The first-order valence-corrected chi connectivity index (χ1v) is 6.34. The lowest BCUT2D eigenvalue weighted by molar-refractivity contribution is 0.0340. The second-order valence-electron chi connectivity index (χ2n) is 4.51. The zero-order valence-corrected chi connectivity index (χ0v) is 11.1.